The average Bonchev–Trinajstić information content (AvgIpc) is 2.84. The van der Waals surface area contributed by atoms with E-state index in [1.165, 1.54) is 0 Å². The number of nitrogens with one attached hydrogen (secondary N) is 1. The van der Waals surface area contributed by atoms with Crippen LogP contribution in [0.25, 0.3) is 22.4 Å². The van der Waals surface area contributed by atoms with Crippen LogP contribution in [0.3, 0.4) is 0 Å². The van der Waals surface area contributed by atoms with Gasteiger partial charge in [-0.25, -0.2) is 0 Å². The predicted molar refractivity (Wildman–Crippen MR) is 63.2 cm³/mol. The van der Waals surface area contributed by atoms with Gasteiger partial charge in [-0.15, -0.1) is 0 Å². The molecule has 5 heteroatoms. The van der Waals surface area contributed by atoms with E-state index >= 15 is 0 Å². The van der Waals surface area contributed by atoms with Crippen LogP contribution in [0.5, 0.6) is 0 Å². The van der Waals surface area contributed by atoms with Crippen molar-refractivity contribution in [3.63, 3.8) is 0 Å². The molecule has 0 aliphatic rings. The Morgan fingerprint density at radius 3 is 2.88 bits per heavy atom. The van der Waals surface area contributed by atoms with E-state index in [0.29, 0.717) is 22.2 Å². The Morgan fingerprint density at radius 1 is 1.31 bits per heavy atom. The Balaban J connectivity index is 2.22. The molecule has 3 N–H and O–H groups in total. The largest absolute Gasteiger partial charge is 0.453 e. The third-order valence-corrected chi connectivity index (χ3v) is 2.66. The molecule has 0 radical (unpaired) electrons. The van der Waals surface area contributed by atoms with Crippen molar-refractivity contribution < 1.29 is 4.42 Å². The Bertz CT molecular complexity index is 656. The molecule has 2 aromatic heterocycles. The summed E-state index contributed by atoms with van der Waals surface area (Å²) in [6, 6.07) is 9.22. The van der Waals surface area contributed by atoms with Crippen LogP contribution in [-0.2, 0) is 0 Å². The summed E-state index contributed by atoms with van der Waals surface area (Å²) in [5.41, 5.74) is 6.94. The molecule has 0 saturated heterocycles. The van der Waals surface area contributed by atoms with Gasteiger partial charge in [0.05, 0.1) is 5.02 Å². The Morgan fingerprint density at radius 2 is 2.19 bits per heavy atom. The highest BCUT2D eigenvalue weighted by atomic mass is 35.5. The zero-order chi connectivity index (χ0) is 11.1. The first-order valence-corrected chi connectivity index (χ1v) is 5.11. The minimum atomic E-state index is 0.432. The molecule has 0 fully saturated rings. The minimum Gasteiger partial charge on any atom is -0.453 e. The van der Waals surface area contributed by atoms with Crippen LogP contribution in [0.4, 0.5) is 5.82 Å². The van der Waals surface area contributed by atoms with Gasteiger partial charge in [-0.3, -0.25) is 5.10 Å². The van der Waals surface area contributed by atoms with E-state index in [2.05, 4.69) is 10.2 Å². The molecule has 80 valence electrons. The molecular formula is C11H8ClN3O. The van der Waals surface area contributed by atoms with Crippen molar-refractivity contribution in [2.24, 2.45) is 0 Å². The van der Waals surface area contributed by atoms with Gasteiger partial charge in [-0.1, -0.05) is 23.7 Å². The summed E-state index contributed by atoms with van der Waals surface area (Å²) in [6.07, 6.45) is 0. The van der Waals surface area contributed by atoms with Crippen molar-refractivity contribution in [1.29, 1.82) is 0 Å². The van der Waals surface area contributed by atoms with Crippen LogP contribution in [0.2, 0.25) is 5.02 Å². The Kier molecular flexibility index (Phi) is 1.91. The molecule has 16 heavy (non-hydrogen) atoms. The number of fused-ring (bicyclic) bond motifs is 1. The standard InChI is InChI=1S/C11H8ClN3O/c12-7-3-1-2-6-4-9(16-11(6)7)8-5-10(13)15-14-8/h1-5H,(H3,13,14,15). The third kappa shape index (κ3) is 1.35. The van der Waals surface area contributed by atoms with Gasteiger partial charge >= 0.3 is 0 Å². The van der Waals surface area contributed by atoms with Crippen LogP contribution in [0, 0.1) is 0 Å². The topological polar surface area (TPSA) is 67.8 Å². The number of para-hydroxylation sites is 1. The second-order valence-electron chi connectivity index (χ2n) is 3.48. The summed E-state index contributed by atoms with van der Waals surface area (Å²) in [5.74, 6) is 1.11. The third-order valence-electron chi connectivity index (χ3n) is 2.36. The second kappa shape index (κ2) is 3.28. The van der Waals surface area contributed by atoms with Gasteiger partial charge in [-0.2, -0.15) is 5.10 Å². The normalized spacial score (nSPS) is 11.1. The van der Waals surface area contributed by atoms with Crippen LogP contribution in [-0.4, -0.2) is 10.2 Å². The van der Waals surface area contributed by atoms with Gasteiger partial charge in [-0.05, 0) is 12.1 Å². The lowest BCUT2D eigenvalue weighted by Crippen LogP contribution is -1.81. The molecule has 3 aromatic rings. The number of aromatic nitrogens is 2. The zero-order valence-electron chi connectivity index (χ0n) is 8.20. The molecule has 0 amide bonds. The van der Waals surface area contributed by atoms with Crippen molar-refractivity contribution in [3.8, 4) is 11.5 Å². The maximum Gasteiger partial charge on any atom is 0.153 e. The number of benzene rings is 1. The van der Waals surface area contributed by atoms with Gasteiger partial charge in [0.2, 0.25) is 0 Å². The minimum absolute atomic E-state index is 0.432. The molecule has 0 aliphatic carbocycles. The van der Waals surface area contributed by atoms with Crippen LogP contribution >= 0.6 is 11.6 Å². The molecule has 1 aromatic carbocycles. The van der Waals surface area contributed by atoms with Gasteiger partial charge < -0.3 is 10.2 Å². The Labute approximate surface area is 96.0 Å². The van der Waals surface area contributed by atoms with E-state index < -0.39 is 0 Å². The molecule has 0 saturated carbocycles. The summed E-state index contributed by atoms with van der Waals surface area (Å²) in [4.78, 5) is 0. The average molecular weight is 234 g/mol. The van der Waals surface area contributed by atoms with E-state index in [4.69, 9.17) is 21.8 Å². The first-order valence-electron chi connectivity index (χ1n) is 4.73. The maximum atomic E-state index is 6.02. The number of anilines is 1. The summed E-state index contributed by atoms with van der Waals surface area (Å²) in [5, 5.41) is 8.18. The molecular weight excluding hydrogens is 226 g/mol. The number of furan rings is 1. The van der Waals surface area contributed by atoms with Gasteiger partial charge in [0.15, 0.2) is 11.3 Å². The molecule has 2 heterocycles. The van der Waals surface area contributed by atoms with Crippen molar-refractivity contribution in [3.05, 3.63) is 35.4 Å². The van der Waals surface area contributed by atoms with Gasteiger partial charge in [0.1, 0.15) is 11.5 Å². The fraction of sp³-hybridized carbons (Fsp3) is 0. The molecule has 3 rings (SSSR count). The maximum absolute atomic E-state index is 6.02. The zero-order valence-corrected chi connectivity index (χ0v) is 8.95. The SMILES string of the molecule is Nc1cc(-c2cc3cccc(Cl)c3o2)[nH]n1. The number of nitrogens with two attached hydrogens (primary N) is 1. The Hall–Kier alpha value is -1.94. The van der Waals surface area contributed by atoms with Gasteiger partial charge in [0.25, 0.3) is 0 Å². The highest BCUT2D eigenvalue weighted by Gasteiger charge is 2.10. The molecule has 0 aliphatic heterocycles. The van der Waals surface area contributed by atoms with Crippen LogP contribution in [0.1, 0.15) is 0 Å². The summed E-state index contributed by atoms with van der Waals surface area (Å²) in [6.45, 7) is 0. The van der Waals surface area contributed by atoms with Crippen LogP contribution < -0.4 is 5.73 Å². The fourth-order valence-corrected chi connectivity index (χ4v) is 1.84. The number of rotatable bonds is 1. The number of H-pyrrole nitrogens is 1. The number of nitrogens with zero attached hydrogens (tertiary/aromatic N) is 1. The lowest BCUT2D eigenvalue weighted by molar-refractivity contribution is 0.628. The molecule has 4 nitrogen and oxygen atoms in total. The summed E-state index contributed by atoms with van der Waals surface area (Å²) >= 11 is 6.02. The summed E-state index contributed by atoms with van der Waals surface area (Å²) < 4.78 is 5.64. The molecule has 0 bridgehead atoms. The smallest absolute Gasteiger partial charge is 0.153 e. The van der Waals surface area contributed by atoms with Crippen molar-refractivity contribution in [1.82, 2.24) is 10.2 Å². The number of nitrogen functional groups attached to an aromatic ring is 1. The molecule has 0 spiro atoms. The van der Waals surface area contributed by atoms with E-state index in [1.807, 2.05) is 18.2 Å². The van der Waals surface area contributed by atoms with E-state index in [-0.39, 0.29) is 0 Å². The number of aromatic amines is 1. The lowest BCUT2D eigenvalue weighted by atomic mass is 10.2. The number of halogens is 1. The number of hydrogen-bond donors (Lipinski definition) is 2. The fourth-order valence-electron chi connectivity index (χ4n) is 1.62. The molecule has 0 atom stereocenters. The van der Waals surface area contributed by atoms with E-state index in [0.717, 1.165) is 11.1 Å². The van der Waals surface area contributed by atoms with Crippen LogP contribution in [0.15, 0.2) is 34.7 Å². The highest BCUT2D eigenvalue weighted by Crippen LogP contribution is 2.31. The van der Waals surface area contributed by atoms with Crippen molar-refractivity contribution >= 4 is 28.4 Å². The van der Waals surface area contributed by atoms with E-state index in [1.54, 1.807) is 12.1 Å². The molecule has 0 unspecified atom stereocenters. The van der Waals surface area contributed by atoms with Crippen molar-refractivity contribution in [2.75, 3.05) is 5.73 Å². The lowest BCUT2D eigenvalue weighted by Gasteiger charge is -1.90. The monoisotopic (exact) mass is 233 g/mol. The van der Waals surface area contributed by atoms with E-state index in [9.17, 15) is 0 Å². The highest BCUT2D eigenvalue weighted by molar-refractivity contribution is 6.34. The first kappa shape index (κ1) is 9.30. The second-order valence-corrected chi connectivity index (χ2v) is 3.88. The number of hydrogen-bond acceptors (Lipinski definition) is 3. The quantitative estimate of drug-likeness (QED) is 0.679. The summed E-state index contributed by atoms with van der Waals surface area (Å²) in [7, 11) is 0. The predicted octanol–water partition coefficient (Wildman–Crippen LogP) is 3.06. The van der Waals surface area contributed by atoms with Gasteiger partial charge in [0, 0.05) is 11.5 Å². The van der Waals surface area contributed by atoms with Crippen molar-refractivity contribution in [2.45, 2.75) is 0 Å². The first-order chi connectivity index (χ1) is 7.74.